The molecule has 0 aromatic carbocycles. The smallest absolute Gasteiger partial charge is 0.0593 e. The molecular weight excluding hydrogens is 248 g/mol. The van der Waals surface area contributed by atoms with E-state index >= 15 is 0 Å². The summed E-state index contributed by atoms with van der Waals surface area (Å²) in [5.74, 6) is 1.15. The minimum atomic E-state index is -0.0729. The lowest BCUT2D eigenvalue weighted by molar-refractivity contribution is -0.0229. The van der Waals surface area contributed by atoms with Crippen molar-refractivity contribution in [1.29, 1.82) is 0 Å². The average Bonchev–Trinajstić information content (AvgIpc) is 2.34. The van der Waals surface area contributed by atoms with Crippen LogP contribution in [0, 0.1) is 22.7 Å². The molecule has 0 heterocycles. The van der Waals surface area contributed by atoms with Gasteiger partial charge in [0.05, 0.1) is 12.2 Å². The summed E-state index contributed by atoms with van der Waals surface area (Å²) >= 11 is 0. The Hall–Kier alpha value is -0.0800. The second-order valence-corrected chi connectivity index (χ2v) is 8.41. The van der Waals surface area contributed by atoms with E-state index < -0.39 is 0 Å². The maximum absolute atomic E-state index is 9.61. The van der Waals surface area contributed by atoms with Gasteiger partial charge in [0.15, 0.2) is 0 Å². The van der Waals surface area contributed by atoms with Gasteiger partial charge in [-0.2, -0.15) is 0 Å². The molecule has 2 aliphatic rings. The maximum Gasteiger partial charge on any atom is 0.0593 e. The molecule has 0 amide bonds. The SMILES string of the molecule is CC1C(O)CCCC1(C)C.CC1CCCC(O)C1(C)C. The normalized spacial score (nSPS) is 39.6. The highest BCUT2D eigenvalue weighted by Crippen LogP contribution is 2.40. The van der Waals surface area contributed by atoms with Crippen molar-refractivity contribution in [2.24, 2.45) is 22.7 Å². The zero-order chi connectivity index (χ0) is 15.6. The van der Waals surface area contributed by atoms with Gasteiger partial charge in [0, 0.05) is 0 Å². The van der Waals surface area contributed by atoms with Gasteiger partial charge in [-0.1, -0.05) is 60.8 Å². The van der Waals surface area contributed by atoms with E-state index in [-0.39, 0.29) is 17.6 Å². The lowest BCUT2D eigenvalue weighted by Crippen LogP contribution is -2.38. The van der Waals surface area contributed by atoms with E-state index in [0.717, 1.165) is 12.8 Å². The average molecular weight is 284 g/mol. The first kappa shape index (κ1) is 18.0. The highest BCUT2D eigenvalue weighted by atomic mass is 16.3. The highest BCUT2D eigenvalue weighted by molar-refractivity contribution is 4.87. The van der Waals surface area contributed by atoms with Gasteiger partial charge in [-0.25, -0.2) is 0 Å². The van der Waals surface area contributed by atoms with Crippen molar-refractivity contribution in [3.63, 3.8) is 0 Å². The molecule has 0 aromatic heterocycles. The fourth-order valence-electron chi connectivity index (χ4n) is 3.46. The molecule has 120 valence electrons. The molecule has 4 unspecified atom stereocenters. The van der Waals surface area contributed by atoms with E-state index in [4.69, 9.17) is 0 Å². The summed E-state index contributed by atoms with van der Waals surface area (Å²) in [5, 5.41) is 19.1. The third-order valence-corrected chi connectivity index (χ3v) is 6.37. The van der Waals surface area contributed by atoms with E-state index in [1.165, 1.54) is 25.7 Å². The van der Waals surface area contributed by atoms with Crippen LogP contribution < -0.4 is 0 Å². The molecule has 20 heavy (non-hydrogen) atoms. The zero-order valence-electron chi connectivity index (χ0n) is 14.4. The molecule has 2 aliphatic carbocycles. The minimum absolute atomic E-state index is 0.0521. The summed E-state index contributed by atoms with van der Waals surface area (Å²) in [4.78, 5) is 0. The number of rotatable bonds is 0. The Kier molecular flexibility index (Phi) is 6.10. The van der Waals surface area contributed by atoms with Gasteiger partial charge in [-0.15, -0.1) is 0 Å². The van der Waals surface area contributed by atoms with Crippen LogP contribution in [0.4, 0.5) is 0 Å². The highest BCUT2D eigenvalue weighted by Gasteiger charge is 2.36. The van der Waals surface area contributed by atoms with Crippen LogP contribution in [-0.4, -0.2) is 22.4 Å². The molecule has 0 aromatic rings. The molecule has 4 atom stereocenters. The van der Waals surface area contributed by atoms with Crippen molar-refractivity contribution in [2.45, 2.75) is 92.3 Å². The monoisotopic (exact) mass is 284 g/mol. The van der Waals surface area contributed by atoms with E-state index in [9.17, 15) is 10.2 Å². The maximum atomic E-state index is 9.61. The van der Waals surface area contributed by atoms with Crippen molar-refractivity contribution in [3.8, 4) is 0 Å². The second kappa shape index (κ2) is 6.79. The van der Waals surface area contributed by atoms with Crippen LogP contribution in [0.2, 0.25) is 0 Å². The standard InChI is InChI=1S/2C9H18O/c1-7-8(10)5-4-6-9(7,2)3;1-7-5-4-6-8(10)9(7,2)3/h2*7-8,10H,4-6H2,1-3H3. The summed E-state index contributed by atoms with van der Waals surface area (Å²) in [6.45, 7) is 13.2. The Labute approximate surface area is 126 Å². The van der Waals surface area contributed by atoms with Gasteiger partial charge in [-0.05, 0) is 41.9 Å². The first-order valence-corrected chi connectivity index (χ1v) is 8.45. The Balaban J connectivity index is 0.000000200. The van der Waals surface area contributed by atoms with Crippen molar-refractivity contribution >= 4 is 0 Å². The van der Waals surface area contributed by atoms with Gasteiger partial charge < -0.3 is 10.2 Å². The van der Waals surface area contributed by atoms with Gasteiger partial charge in [0.25, 0.3) is 0 Å². The molecule has 2 fully saturated rings. The molecule has 2 heteroatoms. The second-order valence-electron chi connectivity index (χ2n) is 8.41. The van der Waals surface area contributed by atoms with E-state index in [1.54, 1.807) is 0 Å². The predicted molar refractivity (Wildman–Crippen MR) is 85.6 cm³/mol. The van der Waals surface area contributed by atoms with Crippen LogP contribution in [0.3, 0.4) is 0 Å². The van der Waals surface area contributed by atoms with Crippen molar-refractivity contribution in [1.82, 2.24) is 0 Å². The van der Waals surface area contributed by atoms with Gasteiger partial charge in [-0.3, -0.25) is 0 Å². The quantitative estimate of drug-likeness (QED) is 0.692. The van der Waals surface area contributed by atoms with Crippen LogP contribution in [0.1, 0.15) is 80.1 Å². The Morgan fingerprint density at radius 3 is 1.85 bits per heavy atom. The molecule has 0 spiro atoms. The molecule has 0 aliphatic heterocycles. The summed E-state index contributed by atoms with van der Waals surface area (Å²) < 4.78 is 0. The predicted octanol–water partition coefficient (Wildman–Crippen LogP) is 4.39. The number of hydrogen-bond donors (Lipinski definition) is 2. The van der Waals surface area contributed by atoms with Crippen LogP contribution in [-0.2, 0) is 0 Å². The first-order valence-electron chi connectivity index (χ1n) is 8.45. The van der Waals surface area contributed by atoms with Gasteiger partial charge in [0.1, 0.15) is 0 Å². The largest absolute Gasteiger partial charge is 0.393 e. The molecule has 2 nitrogen and oxygen atoms in total. The fourth-order valence-corrected chi connectivity index (χ4v) is 3.46. The summed E-state index contributed by atoms with van der Waals surface area (Å²) in [5.41, 5.74) is 0.510. The third-order valence-electron chi connectivity index (χ3n) is 6.37. The fraction of sp³-hybridized carbons (Fsp3) is 1.00. The molecule has 0 bridgehead atoms. The molecule has 0 saturated heterocycles. The molecule has 2 saturated carbocycles. The number of aliphatic hydroxyl groups excluding tert-OH is 2. The summed E-state index contributed by atoms with van der Waals surface area (Å²) in [6.07, 6.45) is 6.82. The molecule has 2 rings (SSSR count). The Morgan fingerprint density at radius 1 is 0.850 bits per heavy atom. The Bertz CT molecular complexity index is 284. The third kappa shape index (κ3) is 4.21. The van der Waals surface area contributed by atoms with E-state index in [0.29, 0.717) is 17.3 Å². The molecule has 0 radical (unpaired) electrons. The summed E-state index contributed by atoms with van der Waals surface area (Å²) in [7, 11) is 0. The Morgan fingerprint density at radius 2 is 1.45 bits per heavy atom. The van der Waals surface area contributed by atoms with Crippen LogP contribution in [0.25, 0.3) is 0 Å². The van der Waals surface area contributed by atoms with Crippen LogP contribution >= 0.6 is 0 Å². The van der Waals surface area contributed by atoms with Crippen LogP contribution in [0.5, 0.6) is 0 Å². The van der Waals surface area contributed by atoms with E-state index in [2.05, 4.69) is 41.5 Å². The van der Waals surface area contributed by atoms with Gasteiger partial charge >= 0.3 is 0 Å². The minimum Gasteiger partial charge on any atom is -0.393 e. The van der Waals surface area contributed by atoms with Crippen LogP contribution in [0.15, 0.2) is 0 Å². The topological polar surface area (TPSA) is 40.5 Å². The van der Waals surface area contributed by atoms with Crippen molar-refractivity contribution in [3.05, 3.63) is 0 Å². The molecule has 2 N–H and O–H groups in total. The number of aliphatic hydroxyl groups is 2. The first-order chi connectivity index (χ1) is 9.09. The van der Waals surface area contributed by atoms with Crippen molar-refractivity contribution < 1.29 is 10.2 Å². The summed E-state index contributed by atoms with van der Waals surface area (Å²) in [6, 6.07) is 0. The lowest BCUT2D eigenvalue weighted by Gasteiger charge is -2.40. The zero-order valence-corrected chi connectivity index (χ0v) is 14.4. The lowest BCUT2D eigenvalue weighted by atomic mass is 9.68. The van der Waals surface area contributed by atoms with Crippen molar-refractivity contribution in [2.75, 3.05) is 0 Å². The van der Waals surface area contributed by atoms with Gasteiger partial charge in [0.2, 0.25) is 0 Å². The number of hydrogen-bond acceptors (Lipinski definition) is 2. The van der Waals surface area contributed by atoms with E-state index in [1.807, 2.05) is 0 Å². The molecular formula is C18H36O2.